The van der Waals surface area contributed by atoms with Gasteiger partial charge in [-0.2, -0.15) is 0 Å². The molecule has 0 heterocycles. The van der Waals surface area contributed by atoms with E-state index in [-0.39, 0.29) is 17.3 Å². The van der Waals surface area contributed by atoms with Gasteiger partial charge in [0.15, 0.2) is 23.9 Å². The van der Waals surface area contributed by atoms with Crippen LogP contribution in [-0.2, 0) is 11.2 Å². The maximum absolute atomic E-state index is 13.7. The molecule has 0 saturated carbocycles. The Balaban J connectivity index is 2.01. The molecule has 1 amide bonds. The second kappa shape index (κ2) is 8.36. The van der Waals surface area contributed by atoms with Crippen LogP contribution in [0.15, 0.2) is 49.1 Å². The number of hydrogen-bond donors (Lipinski definition) is 1. The number of anilines is 1. The fourth-order valence-corrected chi connectivity index (χ4v) is 2.23. The van der Waals surface area contributed by atoms with E-state index in [9.17, 15) is 9.18 Å². The highest BCUT2D eigenvalue weighted by molar-refractivity contribution is 6.31. The molecule has 2 aromatic carbocycles. The maximum atomic E-state index is 13.7. The minimum Gasteiger partial charge on any atom is -0.493 e. The molecule has 0 aromatic heterocycles. The van der Waals surface area contributed by atoms with Crippen molar-refractivity contribution in [1.29, 1.82) is 0 Å². The SMILES string of the molecule is C=CCc1ccc(OCC(=O)Nc2cccc(Cl)c2F)c(OC)c1. The molecule has 2 rings (SSSR count). The van der Waals surface area contributed by atoms with Crippen molar-refractivity contribution in [3.05, 3.63) is 65.5 Å². The second-order valence-corrected chi connectivity index (χ2v) is 5.32. The summed E-state index contributed by atoms with van der Waals surface area (Å²) >= 11 is 5.67. The van der Waals surface area contributed by atoms with Crippen molar-refractivity contribution in [2.45, 2.75) is 6.42 Å². The predicted molar refractivity (Wildman–Crippen MR) is 92.4 cm³/mol. The first-order valence-electron chi connectivity index (χ1n) is 7.19. The molecule has 0 aliphatic rings. The number of rotatable bonds is 7. The quantitative estimate of drug-likeness (QED) is 0.761. The Morgan fingerprint density at radius 2 is 2.12 bits per heavy atom. The molecule has 24 heavy (non-hydrogen) atoms. The molecule has 0 fully saturated rings. The van der Waals surface area contributed by atoms with Gasteiger partial charge in [0.1, 0.15) is 0 Å². The van der Waals surface area contributed by atoms with Gasteiger partial charge in [-0.05, 0) is 36.2 Å². The lowest BCUT2D eigenvalue weighted by atomic mass is 10.1. The molecular weight excluding hydrogens is 333 g/mol. The van der Waals surface area contributed by atoms with E-state index in [4.69, 9.17) is 21.1 Å². The van der Waals surface area contributed by atoms with Crippen LogP contribution in [-0.4, -0.2) is 19.6 Å². The molecule has 6 heteroatoms. The first-order chi connectivity index (χ1) is 11.5. The van der Waals surface area contributed by atoms with Gasteiger partial charge < -0.3 is 14.8 Å². The average Bonchev–Trinajstić information content (AvgIpc) is 2.58. The first kappa shape index (κ1) is 17.8. The molecule has 0 saturated heterocycles. The molecule has 0 spiro atoms. The van der Waals surface area contributed by atoms with Gasteiger partial charge >= 0.3 is 0 Å². The zero-order chi connectivity index (χ0) is 17.5. The number of carbonyl (C=O) groups excluding carboxylic acids is 1. The van der Waals surface area contributed by atoms with Crippen LogP contribution in [0, 0.1) is 5.82 Å². The van der Waals surface area contributed by atoms with Crippen LogP contribution < -0.4 is 14.8 Å². The van der Waals surface area contributed by atoms with Crippen LogP contribution in [0.2, 0.25) is 5.02 Å². The van der Waals surface area contributed by atoms with Gasteiger partial charge in [0.25, 0.3) is 5.91 Å². The summed E-state index contributed by atoms with van der Waals surface area (Å²) in [5.74, 6) is -0.254. The Morgan fingerprint density at radius 3 is 2.83 bits per heavy atom. The number of allylic oxidation sites excluding steroid dienone is 1. The van der Waals surface area contributed by atoms with E-state index < -0.39 is 11.7 Å². The summed E-state index contributed by atoms with van der Waals surface area (Å²) in [6.07, 6.45) is 2.48. The molecular formula is C18H17ClFNO3. The van der Waals surface area contributed by atoms with Crippen molar-refractivity contribution in [2.75, 3.05) is 19.0 Å². The molecule has 126 valence electrons. The lowest BCUT2D eigenvalue weighted by Crippen LogP contribution is -2.21. The fraction of sp³-hybridized carbons (Fsp3) is 0.167. The fourth-order valence-electron chi connectivity index (χ4n) is 2.05. The number of halogens is 2. The highest BCUT2D eigenvalue weighted by Gasteiger charge is 2.12. The summed E-state index contributed by atoms with van der Waals surface area (Å²) in [4.78, 5) is 11.9. The summed E-state index contributed by atoms with van der Waals surface area (Å²) in [5, 5.41) is 2.35. The van der Waals surface area contributed by atoms with Gasteiger partial charge in [0.05, 0.1) is 17.8 Å². The molecule has 4 nitrogen and oxygen atoms in total. The number of hydrogen-bond acceptors (Lipinski definition) is 3. The normalized spacial score (nSPS) is 10.1. The van der Waals surface area contributed by atoms with Crippen LogP contribution >= 0.6 is 11.6 Å². The van der Waals surface area contributed by atoms with Crippen LogP contribution in [0.5, 0.6) is 11.5 Å². The zero-order valence-corrected chi connectivity index (χ0v) is 13.9. The van der Waals surface area contributed by atoms with Crippen molar-refractivity contribution in [3.8, 4) is 11.5 Å². The van der Waals surface area contributed by atoms with Gasteiger partial charge in [-0.3, -0.25) is 4.79 Å². The lowest BCUT2D eigenvalue weighted by Gasteiger charge is -2.12. The van der Waals surface area contributed by atoms with Crippen LogP contribution in [0.3, 0.4) is 0 Å². The monoisotopic (exact) mass is 349 g/mol. The number of methoxy groups -OCH3 is 1. The Labute approximate surface area is 144 Å². The molecule has 0 radical (unpaired) electrons. The Bertz CT molecular complexity index is 749. The van der Waals surface area contributed by atoms with Crippen molar-refractivity contribution in [3.63, 3.8) is 0 Å². The van der Waals surface area contributed by atoms with E-state index >= 15 is 0 Å². The van der Waals surface area contributed by atoms with Gasteiger partial charge in [-0.15, -0.1) is 6.58 Å². The van der Waals surface area contributed by atoms with Gasteiger partial charge in [-0.1, -0.05) is 29.8 Å². The van der Waals surface area contributed by atoms with Gasteiger partial charge in [-0.25, -0.2) is 4.39 Å². The molecule has 0 unspecified atom stereocenters. The average molecular weight is 350 g/mol. The van der Waals surface area contributed by atoms with E-state index in [0.717, 1.165) is 5.56 Å². The maximum Gasteiger partial charge on any atom is 0.262 e. The smallest absolute Gasteiger partial charge is 0.262 e. The molecule has 0 aliphatic carbocycles. The van der Waals surface area contributed by atoms with Crippen LogP contribution in [0.4, 0.5) is 10.1 Å². The summed E-state index contributed by atoms with van der Waals surface area (Å²) in [5.41, 5.74) is 1.02. The minimum absolute atomic E-state index is 0.00407. The Morgan fingerprint density at radius 1 is 1.33 bits per heavy atom. The summed E-state index contributed by atoms with van der Waals surface area (Å²) in [6.45, 7) is 3.39. The highest BCUT2D eigenvalue weighted by Crippen LogP contribution is 2.28. The standard InChI is InChI=1S/C18H17ClFNO3/c1-3-5-12-8-9-15(16(10-12)23-2)24-11-17(22)21-14-7-4-6-13(19)18(14)20/h3-4,6-10H,1,5,11H2,2H3,(H,21,22). The van der Waals surface area contributed by atoms with E-state index in [1.165, 1.54) is 19.2 Å². The molecule has 2 aromatic rings. The highest BCUT2D eigenvalue weighted by atomic mass is 35.5. The lowest BCUT2D eigenvalue weighted by molar-refractivity contribution is -0.118. The number of benzene rings is 2. The molecule has 0 bridgehead atoms. The molecule has 0 aliphatic heterocycles. The predicted octanol–water partition coefficient (Wildman–Crippen LogP) is 4.23. The van der Waals surface area contributed by atoms with Gasteiger partial charge in [0.2, 0.25) is 0 Å². The van der Waals surface area contributed by atoms with E-state index in [1.807, 2.05) is 12.1 Å². The van der Waals surface area contributed by atoms with Crippen LogP contribution in [0.1, 0.15) is 5.56 Å². The minimum atomic E-state index is -0.682. The van der Waals surface area contributed by atoms with Crippen molar-refractivity contribution >= 4 is 23.2 Å². The zero-order valence-electron chi connectivity index (χ0n) is 13.1. The number of ether oxygens (including phenoxy) is 2. The van der Waals surface area contributed by atoms with Crippen molar-refractivity contribution in [1.82, 2.24) is 0 Å². The summed E-state index contributed by atoms with van der Waals surface area (Å²) in [7, 11) is 1.52. The van der Waals surface area contributed by atoms with E-state index in [1.54, 1.807) is 18.2 Å². The third-order valence-corrected chi connectivity index (χ3v) is 3.48. The van der Waals surface area contributed by atoms with Crippen molar-refractivity contribution in [2.24, 2.45) is 0 Å². The Hall–Kier alpha value is -2.53. The molecule has 0 atom stereocenters. The molecule has 1 N–H and O–H groups in total. The van der Waals surface area contributed by atoms with Crippen molar-refractivity contribution < 1.29 is 18.7 Å². The van der Waals surface area contributed by atoms with Gasteiger partial charge in [0, 0.05) is 0 Å². The second-order valence-electron chi connectivity index (χ2n) is 4.92. The Kier molecular flexibility index (Phi) is 6.21. The third kappa shape index (κ3) is 4.49. The first-order valence-corrected chi connectivity index (χ1v) is 7.57. The third-order valence-electron chi connectivity index (χ3n) is 3.19. The number of nitrogens with one attached hydrogen (secondary N) is 1. The van der Waals surface area contributed by atoms with E-state index in [2.05, 4.69) is 11.9 Å². The largest absolute Gasteiger partial charge is 0.493 e. The van der Waals surface area contributed by atoms with E-state index in [0.29, 0.717) is 17.9 Å². The topological polar surface area (TPSA) is 47.6 Å². The van der Waals surface area contributed by atoms with Crippen LogP contribution in [0.25, 0.3) is 0 Å². The summed E-state index contributed by atoms with van der Waals surface area (Å²) in [6, 6.07) is 9.75. The number of amides is 1. The number of carbonyl (C=O) groups is 1. The summed E-state index contributed by atoms with van der Waals surface area (Å²) < 4.78 is 24.4.